The number of nitrogens with one attached hydrogen (secondary N) is 1. The van der Waals surface area contributed by atoms with Crippen molar-refractivity contribution in [2.24, 2.45) is 0 Å². The van der Waals surface area contributed by atoms with Crippen LogP contribution >= 0.6 is 0 Å². The van der Waals surface area contributed by atoms with Crippen LogP contribution in [-0.4, -0.2) is 12.5 Å². The van der Waals surface area contributed by atoms with Crippen LogP contribution in [-0.2, 0) is 4.74 Å². The Labute approximate surface area is 42.9 Å². The minimum atomic E-state index is 0.429. The number of piperidine rings is 1. The van der Waals surface area contributed by atoms with E-state index in [2.05, 4.69) is 5.32 Å². The SMILES string of the molecule is C1CC2NC(C1)O2. The summed E-state index contributed by atoms with van der Waals surface area (Å²) in [5.74, 6) is 0. The maximum absolute atomic E-state index is 5.26. The molecule has 3 fully saturated rings. The van der Waals surface area contributed by atoms with Crippen LogP contribution in [0.25, 0.3) is 0 Å². The van der Waals surface area contributed by atoms with Gasteiger partial charge in [0.25, 0.3) is 0 Å². The highest BCUT2D eigenvalue weighted by Gasteiger charge is 2.32. The summed E-state index contributed by atoms with van der Waals surface area (Å²) in [5.41, 5.74) is 0. The molecule has 0 aromatic carbocycles. The quantitative estimate of drug-likeness (QED) is 0.476. The fourth-order valence-corrected chi connectivity index (χ4v) is 1.20. The van der Waals surface area contributed by atoms with E-state index < -0.39 is 0 Å². The normalized spacial score (nSPS) is 48.0. The van der Waals surface area contributed by atoms with Crippen molar-refractivity contribution in [3.8, 4) is 0 Å². The Kier molecular flexibility index (Phi) is 0.664. The highest BCUT2D eigenvalue weighted by molar-refractivity contribution is 4.77. The van der Waals surface area contributed by atoms with E-state index in [-0.39, 0.29) is 0 Å². The Bertz CT molecular complexity index is 64.6. The van der Waals surface area contributed by atoms with Crippen molar-refractivity contribution < 1.29 is 4.74 Å². The lowest BCUT2D eigenvalue weighted by Gasteiger charge is -2.42. The number of fused-ring (bicyclic) bond motifs is 2. The van der Waals surface area contributed by atoms with Gasteiger partial charge < -0.3 is 4.74 Å². The third-order valence-electron chi connectivity index (χ3n) is 1.63. The molecule has 2 atom stereocenters. The smallest absolute Gasteiger partial charge is 0.112 e. The molecule has 3 heterocycles. The first kappa shape index (κ1) is 3.87. The van der Waals surface area contributed by atoms with Crippen molar-refractivity contribution in [1.82, 2.24) is 5.32 Å². The van der Waals surface area contributed by atoms with Gasteiger partial charge in [-0.2, -0.15) is 0 Å². The third kappa shape index (κ3) is 0.469. The summed E-state index contributed by atoms with van der Waals surface area (Å²) in [5, 5.41) is 3.26. The molecule has 2 bridgehead atoms. The van der Waals surface area contributed by atoms with Crippen LogP contribution in [0.5, 0.6) is 0 Å². The molecule has 0 spiro atoms. The molecule has 2 unspecified atom stereocenters. The van der Waals surface area contributed by atoms with Crippen LogP contribution in [0.3, 0.4) is 0 Å². The summed E-state index contributed by atoms with van der Waals surface area (Å²) in [6.07, 6.45) is 4.65. The van der Waals surface area contributed by atoms with Crippen molar-refractivity contribution in [1.29, 1.82) is 0 Å². The van der Waals surface area contributed by atoms with E-state index in [4.69, 9.17) is 4.74 Å². The van der Waals surface area contributed by atoms with Crippen molar-refractivity contribution >= 4 is 0 Å². The molecule has 3 aliphatic rings. The molecule has 3 rings (SSSR count). The minimum absolute atomic E-state index is 0.429. The lowest BCUT2D eigenvalue weighted by molar-refractivity contribution is -0.191. The van der Waals surface area contributed by atoms with E-state index in [1.54, 1.807) is 0 Å². The molecule has 3 aliphatic heterocycles. The van der Waals surface area contributed by atoms with Crippen molar-refractivity contribution in [3.05, 3.63) is 0 Å². The zero-order valence-corrected chi connectivity index (χ0v) is 4.18. The minimum Gasteiger partial charge on any atom is -0.345 e. The van der Waals surface area contributed by atoms with E-state index in [1.165, 1.54) is 19.3 Å². The third-order valence-corrected chi connectivity index (χ3v) is 1.63. The van der Waals surface area contributed by atoms with Crippen LogP contribution in [0, 0.1) is 0 Å². The predicted molar refractivity (Wildman–Crippen MR) is 25.6 cm³/mol. The molecular weight excluding hydrogens is 90.1 g/mol. The Hall–Kier alpha value is -0.0800. The Morgan fingerprint density at radius 1 is 1.29 bits per heavy atom. The van der Waals surface area contributed by atoms with E-state index in [0.717, 1.165) is 0 Å². The summed E-state index contributed by atoms with van der Waals surface area (Å²) in [7, 11) is 0. The van der Waals surface area contributed by atoms with Gasteiger partial charge in [-0.05, 0) is 19.3 Å². The Morgan fingerprint density at radius 2 is 1.86 bits per heavy atom. The second-order valence-electron chi connectivity index (χ2n) is 2.21. The second-order valence-corrected chi connectivity index (χ2v) is 2.21. The van der Waals surface area contributed by atoms with Gasteiger partial charge >= 0.3 is 0 Å². The summed E-state index contributed by atoms with van der Waals surface area (Å²) in [6.45, 7) is 0. The van der Waals surface area contributed by atoms with Gasteiger partial charge in [0.15, 0.2) is 0 Å². The van der Waals surface area contributed by atoms with Crippen LogP contribution in [0.1, 0.15) is 19.3 Å². The predicted octanol–water partition coefficient (Wildman–Crippen LogP) is 0.442. The first-order chi connectivity index (χ1) is 3.45. The van der Waals surface area contributed by atoms with Gasteiger partial charge in [0.05, 0.1) is 0 Å². The van der Waals surface area contributed by atoms with Crippen LogP contribution in [0.2, 0.25) is 0 Å². The lowest BCUT2D eigenvalue weighted by atomic mass is 10.1. The van der Waals surface area contributed by atoms with Gasteiger partial charge in [0, 0.05) is 0 Å². The first-order valence-electron chi connectivity index (χ1n) is 2.87. The molecule has 0 aromatic heterocycles. The number of hydrogen-bond acceptors (Lipinski definition) is 2. The molecule has 40 valence electrons. The van der Waals surface area contributed by atoms with Gasteiger partial charge in [-0.1, -0.05) is 0 Å². The second kappa shape index (κ2) is 1.20. The van der Waals surface area contributed by atoms with E-state index in [0.29, 0.717) is 12.5 Å². The molecule has 0 saturated carbocycles. The molecule has 2 heteroatoms. The lowest BCUT2D eigenvalue weighted by Crippen LogP contribution is -2.58. The van der Waals surface area contributed by atoms with Gasteiger partial charge in [-0.3, -0.25) is 5.32 Å². The Balaban J connectivity index is 1.99. The first-order valence-corrected chi connectivity index (χ1v) is 2.87. The monoisotopic (exact) mass is 99.1 g/mol. The van der Waals surface area contributed by atoms with E-state index in [1.807, 2.05) is 0 Å². The zero-order chi connectivity index (χ0) is 4.69. The fraction of sp³-hybridized carbons (Fsp3) is 1.00. The van der Waals surface area contributed by atoms with Crippen molar-refractivity contribution in [2.45, 2.75) is 31.7 Å². The largest absolute Gasteiger partial charge is 0.345 e. The van der Waals surface area contributed by atoms with E-state index in [9.17, 15) is 0 Å². The zero-order valence-electron chi connectivity index (χ0n) is 4.18. The molecule has 0 aliphatic carbocycles. The average molecular weight is 99.1 g/mol. The molecule has 0 aromatic rings. The van der Waals surface area contributed by atoms with Gasteiger partial charge in [0.2, 0.25) is 0 Å². The fourth-order valence-electron chi connectivity index (χ4n) is 1.20. The number of rotatable bonds is 0. The molecule has 2 nitrogen and oxygen atoms in total. The van der Waals surface area contributed by atoms with Gasteiger partial charge in [-0.15, -0.1) is 0 Å². The van der Waals surface area contributed by atoms with Crippen LogP contribution in [0.15, 0.2) is 0 Å². The number of hydrogen-bond donors (Lipinski definition) is 1. The highest BCUT2D eigenvalue weighted by Crippen LogP contribution is 2.23. The molecule has 0 amide bonds. The average Bonchev–Trinajstić information content (AvgIpc) is 1.67. The molecule has 7 heavy (non-hydrogen) atoms. The number of ether oxygens (including phenoxy) is 1. The maximum atomic E-state index is 5.26. The molecule has 0 radical (unpaired) electrons. The topological polar surface area (TPSA) is 21.3 Å². The maximum Gasteiger partial charge on any atom is 0.112 e. The molecule has 3 saturated heterocycles. The summed E-state index contributed by atoms with van der Waals surface area (Å²) in [6, 6.07) is 0. The van der Waals surface area contributed by atoms with Gasteiger partial charge in [-0.25, -0.2) is 0 Å². The van der Waals surface area contributed by atoms with Crippen molar-refractivity contribution in [3.63, 3.8) is 0 Å². The molecule has 1 N–H and O–H groups in total. The summed E-state index contributed by atoms with van der Waals surface area (Å²) < 4.78 is 5.26. The van der Waals surface area contributed by atoms with Gasteiger partial charge in [0.1, 0.15) is 12.5 Å². The standard InChI is InChI=1S/C5H9NO/c1-2-4-6-5(3-1)7-4/h4-6H,1-3H2. The van der Waals surface area contributed by atoms with Crippen molar-refractivity contribution in [2.75, 3.05) is 0 Å². The summed E-state index contributed by atoms with van der Waals surface area (Å²) in [4.78, 5) is 0. The van der Waals surface area contributed by atoms with Crippen LogP contribution in [0.4, 0.5) is 0 Å². The van der Waals surface area contributed by atoms with E-state index >= 15 is 0 Å². The molecular formula is C5H9NO. The highest BCUT2D eigenvalue weighted by atomic mass is 16.6. The van der Waals surface area contributed by atoms with Crippen LogP contribution < -0.4 is 5.32 Å². The Morgan fingerprint density at radius 3 is 2.00 bits per heavy atom. The summed E-state index contributed by atoms with van der Waals surface area (Å²) >= 11 is 0.